The van der Waals surface area contributed by atoms with Crippen LogP contribution in [0.25, 0.3) is 0 Å². The first kappa shape index (κ1) is 13.6. The Hall–Kier alpha value is -1.42. The molecule has 1 aromatic rings. The van der Waals surface area contributed by atoms with E-state index in [2.05, 4.69) is 9.64 Å². The number of ether oxygens (including phenoxy) is 1. The van der Waals surface area contributed by atoms with Crippen LogP contribution in [-0.4, -0.2) is 31.1 Å². The first-order valence-corrected chi connectivity index (χ1v) is 5.69. The van der Waals surface area contributed by atoms with E-state index in [1.54, 1.807) is 6.07 Å². The van der Waals surface area contributed by atoms with E-state index in [1.807, 2.05) is 13.0 Å². The van der Waals surface area contributed by atoms with Gasteiger partial charge in [0.15, 0.2) is 0 Å². The molecule has 0 aliphatic heterocycles. The molecule has 0 aliphatic carbocycles. The van der Waals surface area contributed by atoms with E-state index in [0.29, 0.717) is 19.5 Å². The molecule has 17 heavy (non-hydrogen) atoms. The maximum atomic E-state index is 13.0. The summed E-state index contributed by atoms with van der Waals surface area (Å²) in [5.74, 6) is -0.450. The minimum Gasteiger partial charge on any atom is -0.469 e. The Morgan fingerprint density at radius 1 is 1.47 bits per heavy atom. The third kappa shape index (κ3) is 4.95. The molecule has 0 saturated heterocycles. The van der Waals surface area contributed by atoms with Crippen LogP contribution in [0.15, 0.2) is 24.3 Å². The number of carbonyl (C=O) groups excluding carboxylic acids is 1. The van der Waals surface area contributed by atoms with E-state index >= 15 is 0 Å². The van der Waals surface area contributed by atoms with E-state index in [1.165, 1.54) is 19.2 Å². The summed E-state index contributed by atoms with van der Waals surface area (Å²) in [5, 5.41) is 0. The van der Waals surface area contributed by atoms with Crippen molar-refractivity contribution in [3.05, 3.63) is 35.6 Å². The Morgan fingerprint density at radius 3 is 2.82 bits per heavy atom. The van der Waals surface area contributed by atoms with Crippen LogP contribution < -0.4 is 0 Å². The average molecular weight is 239 g/mol. The van der Waals surface area contributed by atoms with Gasteiger partial charge < -0.3 is 4.74 Å². The fourth-order valence-corrected chi connectivity index (χ4v) is 1.59. The quantitative estimate of drug-likeness (QED) is 0.713. The van der Waals surface area contributed by atoms with Crippen molar-refractivity contribution in [2.75, 3.05) is 20.2 Å². The van der Waals surface area contributed by atoms with Gasteiger partial charge in [-0.25, -0.2) is 4.39 Å². The first-order chi connectivity index (χ1) is 8.15. The van der Waals surface area contributed by atoms with Crippen LogP contribution in [0.2, 0.25) is 0 Å². The predicted octanol–water partition coefficient (Wildman–Crippen LogP) is 2.21. The molecule has 0 fully saturated rings. The van der Waals surface area contributed by atoms with Crippen LogP contribution in [0.5, 0.6) is 0 Å². The Bertz CT molecular complexity index is 368. The van der Waals surface area contributed by atoms with Crippen LogP contribution in [-0.2, 0) is 16.1 Å². The van der Waals surface area contributed by atoms with Crippen molar-refractivity contribution < 1.29 is 13.9 Å². The topological polar surface area (TPSA) is 29.5 Å². The highest BCUT2D eigenvalue weighted by atomic mass is 19.1. The van der Waals surface area contributed by atoms with Gasteiger partial charge in [-0.2, -0.15) is 0 Å². The van der Waals surface area contributed by atoms with Gasteiger partial charge in [0, 0.05) is 13.1 Å². The molecule has 0 amide bonds. The molecule has 0 spiro atoms. The fourth-order valence-electron chi connectivity index (χ4n) is 1.59. The standard InChI is InChI=1S/C13H18FNO2/c1-3-15(8-7-13(16)17-2)10-11-5-4-6-12(14)9-11/h4-6,9H,3,7-8,10H2,1-2H3. The molecule has 3 nitrogen and oxygen atoms in total. The second-order valence-electron chi connectivity index (χ2n) is 3.82. The molecule has 0 bridgehead atoms. The number of carbonyl (C=O) groups is 1. The molecule has 0 unspecified atom stereocenters. The van der Waals surface area contributed by atoms with Crippen molar-refractivity contribution in [3.63, 3.8) is 0 Å². The molecule has 4 heteroatoms. The normalized spacial score (nSPS) is 10.6. The molecule has 0 radical (unpaired) electrons. The lowest BCUT2D eigenvalue weighted by atomic mass is 10.2. The molecule has 1 aromatic carbocycles. The average Bonchev–Trinajstić information content (AvgIpc) is 2.34. The van der Waals surface area contributed by atoms with Gasteiger partial charge in [0.1, 0.15) is 5.82 Å². The lowest BCUT2D eigenvalue weighted by molar-refractivity contribution is -0.141. The summed E-state index contributed by atoms with van der Waals surface area (Å²) in [4.78, 5) is 13.1. The smallest absolute Gasteiger partial charge is 0.306 e. The minimum absolute atomic E-state index is 0.220. The second-order valence-corrected chi connectivity index (χ2v) is 3.82. The number of methoxy groups -OCH3 is 1. The molecule has 1 rings (SSSR count). The van der Waals surface area contributed by atoms with Gasteiger partial charge >= 0.3 is 5.97 Å². The van der Waals surface area contributed by atoms with Crippen LogP contribution in [0.4, 0.5) is 4.39 Å². The highest BCUT2D eigenvalue weighted by Gasteiger charge is 2.07. The van der Waals surface area contributed by atoms with E-state index in [9.17, 15) is 9.18 Å². The zero-order chi connectivity index (χ0) is 12.7. The van der Waals surface area contributed by atoms with Gasteiger partial charge in [-0.15, -0.1) is 0 Å². The van der Waals surface area contributed by atoms with Crippen LogP contribution in [0, 0.1) is 5.82 Å². The molecule has 0 atom stereocenters. The SMILES string of the molecule is CCN(CCC(=O)OC)Cc1cccc(F)c1. The van der Waals surface area contributed by atoms with Crippen molar-refractivity contribution in [2.24, 2.45) is 0 Å². The number of esters is 1. The number of rotatable bonds is 6. The molecule has 0 aromatic heterocycles. The van der Waals surface area contributed by atoms with E-state index in [0.717, 1.165) is 12.1 Å². The van der Waals surface area contributed by atoms with E-state index in [4.69, 9.17) is 0 Å². The van der Waals surface area contributed by atoms with E-state index < -0.39 is 0 Å². The summed E-state index contributed by atoms with van der Waals surface area (Å²) >= 11 is 0. The third-order valence-corrected chi connectivity index (χ3v) is 2.60. The van der Waals surface area contributed by atoms with Crippen molar-refractivity contribution in [1.82, 2.24) is 4.90 Å². The summed E-state index contributed by atoms with van der Waals surface area (Å²) in [6.07, 6.45) is 0.361. The lowest BCUT2D eigenvalue weighted by Gasteiger charge is -2.19. The highest BCUT2D eigenvalue weighted by Crippen LogP contribution is 2.07. The van der Waals surface area contributed by atoms with Crippen LogP contribution in [0.3, 0.4) is 0 Å². The van der Waals surface area contributed by atoms with Gasteiger partial charge in [-0.3, -0.25) is 9.69 Å². The van der Waals surface area contributed by atoms with E-state index in [-0.39, 0.29) is 11.8 Å². The Labute approximate surface area is 101 Å². The van der Waals surface area contributed by atoms with Crippen molar-refractivity contribution >= 4 is 5.97 Å². The largest absolute Gasteiger partial charge is 0.469 e. The molecule has 0 heterocycles. The zero-order valence-electron chi connectivity index (χ0n) is 10.3. The Morgan fingerprint density at radius 2 is 2.24 bits per heavy atom. The van der Waals surface area contributed by atoms with Crippen LogP contribution >= 0.6 is 0 Å². The number of hydrogen-bond acceptors (Lipinski definition) is 3. The third-order valence-electron chi connectivity index (χ3n) is 2.60. The van der Waals surface area contributed by atoms with Gasteiger partial charge in [0.2, 0.25) is 0 Å². The van der Waals surface area contributed by atoms with Crippen molar-refractivity contribution in [2.45, 2.75) is 19.9 Å². The monoisotopic (exact) mass is 239 g/mol. The summed E-state index contributed by atoms with van der Waals surface area (Å²) in [6, 6.07) is 6.51. The lowest BCUT2D eigenvalue weighted by Crippen LogP contribution is -2.26. The maximum Gasteiger partial charge on any atom is 0.306 e. The predicted molar refractivity (Wildman–Crippen MR) is 64.0 cm³/mol. The Balaban J connectivity index is 2.49. The second kappa shape index (κ2) is 7.01. The molecule has 0 aliphatic rings. The molecular formula is C13H18FNO2. The zero-order valence-corrected chi connectivity index (χ0v) is 10.3. The van der Waals surface area contributed by atoms with Crippen molar-refractivity contribution in [1.29, 1.82) is 0 Å². The number of halogens is 1. The minimum atomic E-state index is -0.230. The molecule has 0 saturated carbocycles. The number of hydrogen-bond donors (Lipinski definition) is 0. The summed E-state index contributed by atoms with van der Waals surface area (Å²) < 4.78 is 17.6. The number of nitrogens with zero attached hydrogens (tertiary/aromatic N) is 1. The molecular weight excluding hydrogens is 221 g/mol. The van der Waals surface area contributed by atoms with Gasteiger partial charge in [0.05, 0.1) is 13.5 Å². The Kier molecular flexibility index (Phi) is 5.63. The van der Waals surface area contributed by atoms with Crippen molar-refractivity contribution in [3.8, 4) is 0 Å². The maximum absolute atomic E-state index is 13.0. The van der Waals surface area contributed by atoms with Gasteiger partial charge in [-0.1, -0.05) is 19.1 Å². The van der Waals surface area contributed by atoms with Gasteiger partial charge in [0.25, 0.3) is 0 Å². The molecule has 94 valence electrons. The van der Waals surface area contributed by atoms with Crippen LogP contribution in [0.1, 0.15) is 18.9 Å². The summed E-state index contributed by atoms with van der Waals surface area (Å²) in [7, 11) is 1.38. The number of benzene rings is 1. The highest BCUT2D eigenvalue weighted by molar-refractivity contribution is 5.69. The van der Waals surface area contributed by atoms with Gasteiger partial charge in [-0.05, 0) is 24.2 Å². The fraction of sp³-hybridized carbons (Fsp3) is 0.462. The summed E-state index contributed by atoms with van der Waals surface area (Å²) in [6.45, 7) is 4.09. The molecule has 0 N–H and O–H groups in total. The summed E-state index contributed by atoms with van der Waals surface area (Å²) in [5.41, 5.74) is 0.914. The first-order valence-electron chi connectivity index (χ1n) is 5.69.